The van der Waals surface area contributed by atoms with Gasteiger partial charge in [-0.2, -0.15) is 5.10 Å². The smallest absolute Gasteiger partial charge is 0.263 e. The molecular weight excluding hydrogens is 249 g/mol. The van der Waals surface area contributed by atoms with Crippen molar-refractivity contribution in [2.75, 3.05) is 5.32 Å². The van der Waals surface area contributed by atoms with Gasteiger partial charge in [0.15, 0.2) is 5.82 Å². The topological polar surface area (TPSA) is 78.0 Å². The van der Waals surface area contributed by atoms with Crippen molar-refractivity contribution in [3.63, 3.8) is 0 Å². The van der Waals surface area contributed by atoms with Gasteiger partial charge in [0.05, 0.1) is 0 Å². The number of H-pyrrole nitrogens is 1. The predicted octanol–water partition coefficient (Wildman–Crippen LogP) is 2.46. The first kappa shape index (κ1) is 13.1. The van der Waals surface area contributed by atoms with Crippen molar-refractivity contribution < 1.29 is 14.3 Å². The normalized spacial score (nSPS) is 10.4. The summed E-state index contributed by atoms with van der Waals surface area (Å²) < 4.78 is 13.5. The molecule has 0 saturated carbocycles. The third-order valence-electron chi connectivity index (χ3n) is 2.61. The SMILES string of the molecule is CCCc1cc(NC(=O)c2c(O)cccc2F)n[nH]1. The maximum absolute atomic E-state index is 13.5. The van der Waals surface area contributed by atoms with Gasteiger partial charge in [0, 0.05) is 11.8 Å². The fourth-order valence-electron chi connectivity index (χ4n) is 1.74. The Hall–Kier alpha value is -2.37. The Balaban J connectivity index is 2.16. The lowest BCUT2D eigenvalue weighted by Crippen LogP contribution is -2.14. The molecule has 1 aromatic heterocycles. The summed E-state index contributed by atoms with van der Waals surface area (Å²) in [6, 6.07) is 5.38. The van der Waals surface area contributed by atoms with Crippen molar-refractivity contribution in [3.05, 3.63) is 41.3 Å². The van der Waals surface area contributed by atoms with Gasteiger partial charge in [-0.05, 0) is 18.6 Å². The molecule has 0 saturated heterocycles. The highest BCUT2D eigenvalue weighted by Crippen LogP contribution is 2.21. The number of hydrogen-bond acceptors (Lipinski definition) is 3. The second-order valence-corrected chi connectivity index (χ2v) is 4.12. The molecule has 0 fully saturated rings. The minimum absolute atomic E-state index is 0.302. The van der Waals surface area contributed by atoms with Gasteiger partial charge in [-0.25, -0.2) is 4.39 Å². The zero-order valence-electron chi connectivity index (χ0n) is 10.4. The van der Waals surface area contributed by atoms with Crippen molar-refractivity contribution in [1.29, 1.82) is 0 Å². The molecule has 0 aliphatic carbocycles. The fourth-order valence-corrected chi connectivity index (χ4v) is 1.74. The van der Waals surface area contributed by atoms with Gasteiger partial charge in [0.1, 0.15) is 17.1 Å². The van der Waals surface area contributed by atoms with Gasteiger partial charge in [0.25, 0.3) is 5.91 Å². The van der Waals surface area contributed by atoms with E-state index in [-0.39, 0.29) is 5.56 Å². The Labute approximate surface area is 109 Å². The summed E-state index contributed by atoms with van der Waals surface area (Å²) >= 11 is 0. The number of aromatic hydroxyl groups is 1. The zero-order valence-corrected chi connectivity index (χ0v) is 10.4. The molecule has 0 bridgehead atoms. The maximum Gasteiger partial charge on any atom is 0.263 e. The molecule has 0 atom stereocenters. The molecule has 2 rings (SSSR count). The zero-order chi connectivity index (χ0) is 13.8. The van der Waals surface area contributed by atoms with E-state index in [2.05, 4.69) is 15.5 Å². The summed E-state index contributed by atoms with van der Waals surface area (Å²) in [4.78, 5) is 11.9. The third-order valence-corrected chi connectivity index (χ3v) is 2.61. The van der Waals surface area contributed by atoms with Crippen LogP contribution in [0.2, 0.25) is 0 Å². The largest absolute Gasteiger partial charge is 0.507 e. The highest BCUT2D eigenvalue weighted by Gasteiger charge is 2.17. The summed E-state index contributed by atoms with van der Waals surface area (Å²) in [6.45, 7) is 2.02. The molecule has 0 unspecified atom stereocenters. The van der Waals surface area contributed by atoms with Crippen LogP contribution in [0.1, 0.15) is 29.4 Å². The monoisotopic (exact) mass is 263 g/mol. The van der Waals surface area contributed by atoms with Crippen LogP contribution in [0.15, 0.2) is 24.3 Å². The highest BCUT2D eigenvalue weighted by atomic mass is 19.1. The van der Waals surface area contributed by atoms with Gasteiger partial charge in [0.2, 0.25) is 0 Å². The number of anilines is 1. The van der Waals surface area contributed by atoms with Crippen LogP contribution in [0.5, 0.6) is 5.75 Å². The summed E-state index contributed by atoms with van der Waals surface area (Å²) in [5, 5.41) is 18.6. The van der Waals surface area contributed by atoms with E-state index in [0.717, 1.165) is 24.6 Å². The molecule has 0 spiro atoms. The second kappa shape index (κ2) is 5.51. The van der Waals surface area contributed by atoms with Crippen molar-refractivity contribution in [2.24, 2.45) is 0 Å². The number of carbonyl (C=O) groups excluding carboxylic acids is 1. The van der Waals surface area contributed by atoms with Crippen LogP contribution < -0.4 is 5.32 Å². The number of aromatic nitrogens is 2. The number of hydrogen-bond donors (Lipinski definition) is 3. The number of nitrogens with one attached hydrogen (secondary N) is 2. The number of amides is 1. The summed E-state index contributed by atoms with van der Waals surface area (Å²) in [5.74, 6) is -1.61. The number of aryl methyl sites for hydroxylation is 1. The van der Waals surface area contributed by atoms with E-state index in [0.29, 0.717) is 5.82 Å². The number of phenols is 1. The number of phenolic OH excluding ortho intramolecular Hbond substituents is 1. The van der Waals surface area contributed by atoms with E-state index in [4.69, 9.17) is 0 Å². The van der Waals surface area contributed by atoms with E-state index in [1.54, 1.807) is 6.07 Å². The minimum Gasteiger partial charge on any atom is -0.507 e. The number of carbonyl (C=O) groups is 1. The molecule has 3 N–H and O–H groups in total. The molecule has 1 heterocycles. The van der Waals surface area contributed by atoms with Gasteiger partial charge in [-0.3, -0.25) is 9.89 Å². The summed E-state index contributed by atoms with van der Waals surface area (Å²) in [7, 11) is 0. The van der Waals surface area contributed by atoms with Crippen LogP contribution >= 0.6 is 0 Å². The first-order valence-corrected chi connectivity index (χ1v) is 5.95. The lowest BCUT2D eigenvalue weighted by atomic mass is 10.1. The average Bonchev–Trinajstić information content (AvgIpc) is 2.77. The Morgan fingerprint density at radius 1 is 1.53 bits per heavy atom. The van der Waals surface area contributed by atoms with Crippen LogP contribution in [0.4, 0.5) is 10.2 Å². The van der Waals surface area contributed by atoms with Crippen LogP contribution in [0, 0.1) is 5.82 Å². The standard InChI is InChI=1S/C13H14FN3O2/c1-2-4-8-7-11(17-16-8)15-13(19)12-9(14)5-3-6-10(12)18/h3,5-7,18H,2,4H2,1H3,(H2,15,16,17,19). The number of nitrogens with zero attached hydrogens (tertiary/aromatic N) is 1. The highest BCUT2D eigenvalue weighted by molar-refractivity contribution is 6.05. The van der Waals surface area contributed by atoms with Gasteiger partial charge >= 0.3 is 0 Å². The predicted molar refractivity (Wildman–Crippen MR) is 68.6 cm³/mol. The number of rotatable bonds is 4. The van der Waals surface area contributed by atoms with E-state index < -0.39 is 17.5 Å². The number of benzene rings is 1. The van der Waals surface area contributed by atoms with Gasteiger partial charge < -0.3 is 10.4 Å². The Kier molecular flexibility index (Phi) is 3.79. The van der Waals surface area contributed by atoms with Crippen molar-refractivity contribution in [1.82, 2.24) is 10.2 Å². The van der Waals surface area contributed by atoms with Crippen molar-refractivity contribution in [3.8, 4) is 5.75 Å². The lowest BCUT2D eigenvalue weighted by molar-refractivity contribution is 0.102. The number of halogens is 1. The van der Waals surface area contributed by atoms with Crippen LogP contribution in [-0.2, 0) is 6.42 Å². The van der Waals surface area contributed by atoms with E-state index >= 15 is 0 Å². The summed E-state index contributed by atoms with van der Waals surface area (Å²) in [6.07, 6.45) is 1.76. The van der Waals surface area contributed by atoms with E-state index in [1.807, 2.05) is 6.92 Å². The minimum atomic E-state index is -0.776. The Bertz CT molecular complexity index is 575. The average molecular weight is 263 g/mol. The first-order chi connectivity index (χ1) is 9.11. The quantitative estimate of drug-likeness (QED) is 0.792. The molecule has 1 amide bonds. The molecule has 2 aromatic rings. The Morgan fingerprint density at radius 2 is 2.32 bits per heavy atom. The molecule has 0 radical (unpaired) electrons. The maximum atomic E-state index is 13.5. The van der Waals surface area contributed by atoms with Crippen molar-refractivity contribution >= 4 is 11.7 Å². The van der Waals surface area contributed by atoms with Gasteiger partial charge in [-0.1, -0.05) is 19.4 Å². The lowest BCUT2D eigenvalue weighted by Gasteiger charge is -2.05. The first-order valence-electron chi connectivity index (χ1n) is 5.95. The molecule has 100 valence electrons. The van der Waals surface area contributed by atoms with Crippen LogP contribution in [-0.4, -0.2) is 21.2 Å². The fraction of sp³-hybridized carbons (Fsp3) is 0.231. The van der Waals surface area contributed by atoms with E-state index in [9.17, 15) is 14.3 Å². The molecule has 19 heavy (non-hydrogen) atoms. The van der Waals surface area contributed by atoms with Gasteiger partial charge in [-0.15, -0.1) is 0 Å². The molecule has 5 nitrogen and oxygen atoms in total. The molecule has 0 aliphatic heterocycles. The van der Waals surface area contributed by atoms with E-state index in [1.165, 1.54) is 12.1 Å². The number of aromatic amines is 1. The van der Waals surface area contributed by atoms with Crippen LogP contribution in [0.25, 0.3) is 0 Å². The second-order valence-electron chi connectivity index (χ2n) is 4.12. The Morgan fingerprint density at radius 3 is 3.00 bits per heavy atom. The molecular formula is C13H14FN3O2. The van der Waals surface area contributed by atoms with Crippen LogP contribution in [0.3, 0.4) is 0 Å². The summed E-state index contributed by atoms with van der Waals surface area (Å²) in [5.41, 5.74) is 0.498. The molecule has 0 aliphatic rings. The molecule has 6 heteroatoms. The third kappa shape index (κ3) is 2.90. The van der Waals surface area contributed by atoms with Crippen molar-refractivity contribution in [2.45, 2.75) is 19.8 Å². The molecule has 1 aromatic carbocycles.